The van der Waals surface area contributed by atoms with Crippen LogP contribution < -0.4 is 10.0 Å². The molecule has 19 heavy (non-hydrogen) atoms. The van der Waals surface area contributed by atoms with E-state index in [-0.39, 0.29) is 10.9 Å². The Morgan fingerprint density at radius 1 is 1.42 bits per heavy atom. The van der Waals surface area contributed by atoms with E-state index in [0.29, 0.717) is 25.6 Å². The molecule has 0 aliphatic carbocycles. The Kier molecular flexibility index (Phi) is 4.67. The molecule has 1 aliphatic heterocycles. The molecule has 2 rings (SSSR count). The Labute approximate surface area is 112 Å². The highest BCUT2D eigenvalue weighted by Gasteiger charge is 2.23. The number of anilines is 1. The van der Waals surface area contributed by atoms with E-state index in [2.05, 4.69) is 20.0 Å². The SMILES string of the molecule is CCCNc1ncc(S(=O)(=O)NC2CCOC2)cn1. The summed E-state index contributed by atoms with van der Waals surface area (Å²) in [5.74, 6) is 0.435. The maximum absolute atomic E-state index is 12.0. The van der Waals surface area contributed by atoms with Crippen molar-refractivity contribution in [1.82, 2.24) is 14.7 Å². The molecule has 1 aromatic rings. The van der Waals surface area contributed by atoms with Gasteiger partial charge in [0.1, 0.15) is 4.90 Å². The molecule has 2 N–H and O–H groups in total. The summed E-state index contributed by atoms with van der Waals surface area (Å²) < 4.78 is 31.8. The van der Waals surface area contributed by atoms with Crippen molar-refractivity contribution in [2.24, 2.45) is 0 Å². The normalized spacial score (nSPS) is 19.5. The Morgan fingerprint density at radius 3 is 2.74 bits per heavy atom. The van der Waals surface area contributed by atoms with E-state index in [4.69, 9.17) is 4.74 Å². The van der Waals surface area contributed by atoms with E-state index in [0.717, 1.165) is 13.0 Å². The van der Waals surface area contributed by atoms with Crippen LogP contribution in [0.15, 0.2) is 17.3 Å². The Morgan fingerprint density at radius 2 is 2.16 bits per heavy atom. The van der Waals surface area contributed by atoms with Gasteiger partial charge in [-0.25, -0.2) is 23.1 Å². The quantitative estimate of drug-likeness (QED) is 0.784. The van der Waals surface area contributed by atoms with Crippen LogP contribution in [0.25, 0.3) is 0 Å². The van der Waals surface area contributed by atoms with Crippen LogP contribution >= 0.6 is 0 Å². The molecule has 2 heterocycles. The predicted molar refractivity (Wildman–Crippen MR) is 70.4 cm³/mol. The van der Waals surface area contributed by atoms with Gasteiger partial charge in [-0.05, 0) is 12.8 Å². The maximum atomic E-state index is 12.0. The minimum Gasteiger partial charge on any atom is -0.380 e. The van der Waals surface area contributed by atoms with Crippen LogP contribution in [0.4, 0.5) is 5.95 Å². The third-order valence-electron chi connectivity index (χ3n) is 2.72. The van der Waals surface area contributed by atoms with Gasteiger partial charge < -0.3 is 10.1 Å². The van der Waals surface area contributed by atoms with E-state index in [9.17, 15) is 8.42 Å². The van der Waals surface area contributed by atoms with Crippen molar-refractivity contribution in [3.05, 3.63) is 12.4 Å². The van der Waals surface area contributed by atoms with Crippen LogP contribution in [0.5, 0.6) is 0 Å². The standard InChI is InChI=1S/C11H18N4O3S/c1-2-4-12-11-13-6-10(7-14-11)19(16,17)15-9-3-5-18-8-9/h6-7,9,15H,2-5,8H2,1H3,(H,12,13,14). The van der Waals surface area contributed by atoms with E-state index in [1.165, 1.54) is 12.4 Å². The molecule has 7 nitrogen and oxygen atoms in total. The van der Waals surface area contributed by atoms with Crippen LogP contribution in [0.2, 0.25) is 0 Å². The van der Waals surface area contributed by atoms with E-state index < -0.39 is 10.0 Å². The van der Waals surface area contributed by atoms with Gasteiger partial charge in [-0.1, -0.05) is 6.92 Å². The number of nitrogens with zero attached hydrogens (tertiary/aromatic N) is 2. The maximum Gasteiger partial charge on any atom is 0.243 e. The zero-order valence-corrected chi connectivity index (χ0v) is 11.6. The number of aromatic nitrogens is 2. The highest BCUT2D eigenvalue weighted by Crippen LogP contribution is 2.11. The number of sulfonamides is 1. The highest BCUT2D eigenvalue weighted by atomic mass is 32.2. The van der Waals surface area contributed by atoms with Crippen LogP contribution in [0, 0.1) is 0 Å². The molecule has 1 saturated heterocycles. The van der Waals surface area contributed by atoms with E-state index in [1.807, 2.05) is 6.92 Å². The minimum atomic E-state index is -3.56. The van der Waals surface area contributed by atoms with Gasteiger partial charge in [0.25, 0.3) is 0 Å². The van der Waals surface area contributed by atoms with Gasteiger partial charge in [0, 0.05) is 19.2 Å². The molecule has 0 saturated carbocycles. The van der Waals surface area contributed by atoms with E-state index in [1.54, 1.807) is 0 Å². The summed E-state index contributed by atoms with van der Waals surface area (Å²) in [5.41, 5.74) is 0. The lowest BCUT2D eigenvalue weighted by Crippen LogP contribution is -2.35. The first-order valence-corrected chi connectivity index (χ1v) is 7.76. The van der Waals surface area contributed by atoms with Crippen molar-refractivity contribution in [3.8, 4) is 0 Å². The monoisotopic (exact) mass is 286 g/mol. The second kappa shape index (κ2) is 6.27. The topological polar surface area (TPSA) is 93.2 Å². The summed E-state index contributed by atoms with van der Waals surface area (Å²) in [6.07, 6.45) is 4.26. The summed E-state index contributed by atoms with van der Waals surface area (Å²) in [6, 6.07) is -0.164. The van der Waals surface area contributed by atoms with Crippen LogP contribution in [0.3, 0.4) is 0 Å². The van der Waals surface area contributed by atoms with Crippen molar-refractivity contribution in [1.29, 1.82) is 0 Å². The first-order valence-electron chi connectivity index (χ1n) is 6.28. The second-order valence-corrected chi connectivity index (χ2v) is 6.06. The average molecular weight is 286 g/mol. The van der Waals surface area contributed by atoms with Gasteiger partial charge in [-0.15, -0.1) is 0 Å². The number of nitrogens with one attached hydrogen (secondary N) is 2. The fraction of sp³-hybridized carbons (Fsp3) is 0.636. The van der Waals surface area contributed by atoms with Crippen molar-refractivity contribution < 1.29 is 13.2 Å². The number of rotatable bonds is 6. The first-order chi connectivity index (χ1) is 9.12. The average Bonchev–Trinajstić information content (AvgIpc) is 2.89. The van der Waals surface area contributed by atoms with Crippen LogP contribution in [-0.4, -0.2) is 44.2 Å². The molecular weight excluding hydrogens is 268 g/mol. The third-order valence-corrected chi connectivity index (χ3v) is 4.20. The van der Waals surface area contributed by atoms with Crippen molar-refractivity contribution in [2.45, 2.75) is 30.7 Å². The smallest absolute Gasteiger partial charge is 0.243 e. The van der Waals surface area contributed by atoms with Gasteiger partial charge in [0.2, 0.25) is 16.0 Å². The van der Waals surface area contributed by atoms with Gasteiger partial charge in [0.05, 0.1) is 19.0 Å². The fourth-order valence-corrected chi connectivity index (χ4v) is 2.84. The zero-order chi connectivity index (χ0) is 13.7. The van der Waals surface area contributed by atoms with Gasteiger partial charge in [-0.3, -0.25) is 0 Å². The lowest BCUT2D eigenvalue weighted by Gasteiger charge is -2.11. The summed E-state index contributed by atoms with van der Waals surface area (Å²) in [5, 5.41) is 2.99. The molecule has 0 spiro atoms. The Bertz CT molecular complexity index is 497. The molecule has 1 atom stereocenters. The second-order valence-electron chi connectivity index (χ2n) is 4.35. The van der Waals surface area contributed by atoms with E-state index >= 15 is 0 Å². The van der Waals surface area contributed by atoms with Crippen LogP contribution in [-0.2, 0) is 14.8 Å². The largest absolute Gasteiger partial charge is 0.380 e. The molecule has 106 valence electrons. The van der Waals surface area contributed by atoms with Gasteiger partial charge in [-0.2, -0.15) is 0 Å². The third kappa shape index (κ3) is 3.85. The summed E-state index contributed by atoms with van der Waals surface area (Å²) >= 11 is 0. The molecule has 1 unspecified atom stereocenters. The molecule has 0 bridgehead atoms. The Balaban J connectivity index is 2.03. The number of ether oxygens (including phenoxy) is 1. The number of hydrogen-bond acceptors (Lipinski definition) is 6. The minimum absolute atomic E-state index is 0.0708. The zero-order valence-electron chi connectivity index (χ0n) is 10.8. The lowest BCUT2D eigenvalue weighted by atomic mass is 10.3. The number of hydrogen-bond donors (Lipinski definition) is 2. The van der Waals surface area contributed by atoms with Gasteiger partial charge in [0.15, 0.2) is 0 Å². The molecule has 1 aliphatic rings. The highest BCUT2D eigenvalue weighted by molar-refractivity contribution is 7.89. The molecule has 0 aromatic carbocycles. The fourth-order valence-electron chi connectivity index (χ4n) is 1.70. The molecule has 8 heteroatoms. The first kappa shape index (κ1) is 14.2. The summed E-state index contributed by atoms with van der Waals surface area (Å²) in [4.78, 5) is 8.04. The van der Waals surface area contributed by atoms with Crippen molar-refractivity contribution in [3.63, 3.8) is 0 Å². The molecular formula is C11H18N4O3S. The predicted octanol–water partition coefficient (Wildman–Crippen LogP) is 0.366. The van der Waals surface area contributed by atoms with Crippen molar-refractivity contribution in [2.75, 3.05) is 25.1 Å². The molecule has 0 radical (unpaired) electrons. The summed E-state index contributed by atoms with van der Waals surface area (Å²) in [7, 11) is -3.56. The molecule has 1 fully saturated rings. The summed E-state index contributed by atoms with van der Waals surface area (Å²) in [6.45, 7) is 3.78. The van der Waals surface area contributed by atoms with Crippen molar-refractivity contribution >= 4 is 16.0 Å². The van der Waals surface area contributed by atoms with Crippen LogP contribution in [0.1, 0.15) is 19.8 Å². The van der Waals surface area contributed by atoms with Gasteiger partial charge >= 0.3 is 0 Å². The molecule has 0 amide bonds. The Hall–Kier alpha value is -1.25. The molecule has 1 aromatic heterocycles. The lowest BCUT2D eigenvalue weighted by molar-refractivity contribution is 0.192.